The van der Waals surface area contributed by atoms with E-state index in [-0.39, 0.29) is 0 Å². The fourth-order valence-electron chi connectivity index (χ4n) is 8.20. The second-order valence-corrected chi connectivity index (χ2v) is 14.5. The number of benzene rings is 8. The molecule has 3 aromatic heterocycles. The Kier molecular flexibility index (Phi) is 9.45. The Bertz CT molecular complexity index is 3260. The van der Waals surface area contributed by atoms with Gasteiger partial charge in [-0.15, -0.1) is 0 Å². The molecule has 0 aliphatic heterocycles. The molecular formula is C55H39N5. The lowest BCUT2D eigenvalue weighted by Crippen LogP contribution is -2.06. The number of allylic oxidation sites excluding steroid dienone is 2. The Morgan fingerprint density at radius 1 is 0.350 bits per heavy atom. The van der Waals surface area contributed by atoms with Gasteiger partial charge in [-0.3, -0.25) is 4.57 Å². The summed E-state index contributed by atoms with van der Waals surface area (Å²) in [4.78, 5) is 15.5. The minimum Gasteiger partial charge on any atom is -0.309 e. The van der Waals surface area contributed by atoms with Crippen molar-refractivity contribution in [2.24, 2.45) is 0 Å². The smallest absolute Gasteiger partial charge is 0.238 e. The molecular weight excluding hydrogens is 731 g/mol. The van der Waals surface area contributed by atoms with E-state index in [1.165, 1.54) is 22.3 Å². The number of nitrogens with zero attached hydrogens (tertiary/aromatic N) is 5. The van der Waals surface area contributed by atoms with Crippen LogP contribution in [0.2, 0.25) is 0 Å². The second kappa shape index (κ2) is 15.7. The van der Waals surface area contributed by atoms with E-state index in [0.29, 0.717) is 17.6 Å². The van der Waals surface area contributed by atoms with Gasteiger partial charge in [0.1, 0.15) is 0 Å². The predicted octanol–water partition coefficient (Wildman–Crippen LogP) is 14.1. The lowest BCUT2D eigenvalue weighted by atomic mass is 9.99. The fourth-order valence-corrected chi connectivity index (χ4v) is 8.20. The number of para-hydroxylation sites is 2. The van der Waals surface area contributed by atoms with Gasteiger partial charge in [0.2, 0.25) is 5.95 Å². The highest BCUT2D eigenvalue weighted by Crippen LogP contribution is 2.42. The van der Waals surface area contributed by atoms with E-state index >= 15 is 0 Å². The second-order valence-electron chi connectivity index (χ2n) is 14.5. The third-order valence-electron chi connectivity index (χ3n) is 11.0. The van der Waals surface area contributed by atoms with E-state index < -0.39 is 0 Å². The quantitative estimate of drug-likeness (QED) is 0.152. The van der Waals surface area contributed by atoms with Gasteiger partial charge < -0.3 is 4.57 Å². The molecule has 3 heterocycles. The molecule has 11 aromatic rings. The van der Waals surface area contributed by atoms with E-state index in [9.17, 15) is 0 Å². The van der Waals surface area contributed by atoms with Crippen LogP contribution in [-0.4, -0.2) is 24.1 Å². The van der Waals surface area contributed by atoms with Gasteiger partial charge in [0.25, 0.3) is 0 Å². The summed E-state index contributed by atoms with van der Waals surface area (Å²) >= 11 is 0. The molecule has 0 bridgehead atoms. The maximum Gasteiger partial charge on any atom is 0.238 e. The molecule has 5 heteroatoms. The summed E-state index contributed by atoms with van der Waals surface area (Å²) < 4.78 is 4.63. The summed E-state index contributed by atoms with van der Waals surface area (Å²) in [6.45, 7) is 6.72. The van der Waals surface area contributed by atoms with E-state index in [1.807, 2.05) is 36.4 Å². The van der Waals surface area contributed by atoms with Gasteiger partial charge in [0, 0.05) is 38.4 Å². The van der Waals surface area contributed by atoms with E-state index in [4.69, 9.17) is 15.0 Å². The van der Waals surface area contributed by atoms with Crippen LogP contribution in [0.4, 0.5) is 0 Å². The number of aromatic nitrogens is 5. The van der Waals surface area contributed by atoms with Crippen molar-refractivity contribution in [3.8, 4) is 56.7 Å². The molecule has 0 saturated heterocycles. The molecule has 11 rings (SSSR count). The van der Waals surface area contributed by atoms with Crippen molar-refractivity contribution in [1.82, 2.24) is 24.1 Å². The van der Waals surface area contributed by atoms with Crippen LogP contribution in [0, 0.1) is 0 Å². The van der Waals surface area contributed by atoms with Gasteiger partial charge in [-0.1, -0.05) is 189 Å². The van der Waals surface area contributed by atoms with Crippen LogP contribution in [0.25, 0.3) is 100 Å². The van der Waals surface area contributed by atoms with Crippen molar-refractivity contribution >= 4 is 43.6 Å². The molecule has 0 aliphatic rings. The maximum atomic E-state index is 5.22. The van der Waals surface area contributed by atoms with Gasteiger partial charge in [-0.25, -0.2) is 4.98 Å². The Hall–Kier alpha value is -8.15. The highest BCUT2D eigenvalue weighted by molar-refractivity contribution is 6.26. The summed E-state index contributed by atoms with van der Waals surface area (Å²) in [6.07, 6.45) is 3.28. The number of hydrogen-bond acceptors (Lipinski definition) is 3. The van der Waals surface area contributed by atoms with E-state index in [0.717, 1.165) is 60.4 Å². The van der Waals surface area contributed by atoms with Gasteiger partial charge in [-0.2, -0.15) is 9.97 Å². The zero-order valence-corrected chi connectivity index (χ0v) is 32.9. The predicted molar refractivity (Wildman–Crippen MR) is 251 cm³/mol. The lowest BCUT2D eigenvalue weighted by molar-refractivity contribution is 0.955. The van der Waals surface area contributed by atoms with Crippen molar-refractivity contribution in [2.75, 3.05) is 0 Å². The van der Waals surface area contributed by atoms with E-state index in [1.54, 1.807) is 12.2 Å². The van der Waals surface area contributed by atoms with Crippen LogP contribution in [0.5, 0.6) is 0 Å². The summed E-state index contributed by atoms with van der Waals surface area (Å²) in [5, 5.41) is 4.60. The maximum absolute atomic E-state index is 5.22. The minimum atomic E-state index is 0.579. The first kappa shape index (κ1) is 36.2. The van der Waals surface area contributed by atoms with Crippen LogP contribution >= 0.6 is 0 Å². The van der Waals surface area contributed by atoms with Crippen LogP contribution in [-0.2, 0) is 0 Å². The molecule has 5 nitrogen and oxygen atoms in total. The average molecular weight is 770 g/mol. The van der Waals surface area contributed by atoms with Crippen molar-refractivity contribution < 1.29 is 0 Å². The van der Waals surface area contributed by atoms with Crippen LogP contribution < -0.4 is 0 Å². The van der Waals surface area contributed by atoms with E-state index in [2.05, 4.69) is 186 Å². The molecule has 0 saturated carbocycles. The Morgan fingerprint density at radius 2 is 0.833 bits per heavy atom. The number of hydrogen-bond donors (Lipinski definition) is 0. The first-order valence-electron chi connectivity index (χ1n) is 20.0. The van der Waals surface area contributed by atoms with Gasteiger partial charge in [-0.05, 0) is 58.7 Å². The average Bonchev–Trinajstić information content (AvgIpc) is 3.85. The molecule has 0 fully saturated rings. The normalized spacial score (nSPS) is 11.1. The summed E-state index contributed by atoms with van der Waals surface area (Å²) in [6, 6.07) is 70.4. The largest absolute Gasteiger partial charge is 0.309 e. The standard InChI is InChI=1S/C51H33N5.C4H6/c1-4-15-34(16-5-1)38-21-14-22-39(33-38)35-27-29-40(30-28-35)55-45-26-13-11-24-43(45)47-46(55)32-31-42-41-23-10-12-25-44(41)56(48(42)47)51-53-49(36-17-6-2-7-18-36)52-50(54-51)37-19-8-3-9-20-37;1-3-4-2/h1-33H;3-4H,1-2H2. The van der Waals surface area contributed by atoms with Crippen LogP contribution in [0.1, 0.15) is 0 Å². The molecule has 0 aliphatic carbocycles. The molecule has 0 unspecified atom stereocenters. The molecule has 0 atom stereocenters. The molecule has 0 spiro atoms. The highest BCUT2D eigenvalue weighted by atomic mass is 15.2. The summed E-state index contributed by atoms with van der Waals surface area (Å²) in [5.41, 5.74) is 12.1. The monoisotopic (exact) mass is 769 g/mol. The van der Waals surface area contributed by atoms with Crippen LogP contribution in [0.3, 0.4) is 0 Å². The van der Waals surface area contributed by atoms with Crippen molar-refractivity contribution in [3.63, 3.8) is 0 Å². The third-order valence-corrected chi connectivity index (χ3v) is 11.0. The molecule has 0 N–H and O–H groups in total. The van der Waals surface area contributed by atoms with Gasteiger partial charge in [0.15, 0.2) is 11.6 Å². The summed E-state index contributed by atoms with van der Waals surface area (Å²) in [7, 11) is 0. The van der Waals surface area contributed by atoms with Gasteiger partial charge >= 0.3 is 0 Å². The molecule has 8 aromatic carbocycles. The van der Waals surface area contributed by atoms with Crippen molar-refractivity contribution in [1.29, 1.82) is 0 Å². The molecule has 0 radical (unpaired) electrons. The lowest BCUT2D eigenvalue weighted by Gasteiger charge is -2.12. The third kappa shape index (κ3) is 6.45. The Labute approximate surface area is 348 Å². The molecule has 0 amide bonds. The van der Waals surface area contributed by atoms with Crippen molar-refractivity contribution in [3.05, 3.63) is 226 Å². The fraction of sp³-hybridized carbons (Fsp3) is 0. The van der Waals surface area contributed by atoms with Crippen LogP contribution in [0.15, 0.2) is 226 Å². The van der Waals surface area contributed by atoms with Gasteiger partial charge in [0.05, 0.1) is 22.1 Å². The minimum absolute atomic E-state index is 0.579. The first-order valence-corrected chi connectivity index (χ1v) is 20.0. The zero-order valence-electron chi connectivity index (χ0n) is 32.9. The van der Waals surface area contributed by atoms with Crippen molar-refractivity contribution in [2.45, 2.75) is 0 Å². The topological polar surface area (TPSA) is 48.5 Å². The summed E-state index contributed by atoms with van der Waals surface area (Å²) in [5.74, 6) is 1.84. The molecule has 60 heavy (non-hydrogen) atoms. The highest BCUT2D eigenvalue weighted by Gasteiger charge is 2.23. The first-order chi connectivity index (χ1) is 29.7. The Balaban J connectivity index is 0.00000104. The Morgan fingerprint density at radius 3 is 1.42 bits per heavy atom. The number of fused-ring (bicyclic) bond motifs is 7. The zero-order chi connectivity index (χ0) is 40.4. The number of rotatable bonds is 7. The SMILES string of the molecule is C=CC=C.c1ccc(-c2cccc(-c3ccc(-n4c5ccccc5c5c4ccc4c6ccccc6n(-c6nc(-c7ccccc7)nc(-c7ccccc7)n6)c45)cc3)c2)cc1. The molecule has 284 valence electrons.